The van der Waals surface area contributed by atoms with Crippen LogP contribution in [-0.4, -0.2) is 185 Å². The Kier molecular flexibility index (Phi) is 29.3. The third kappa shape index (κ3) is 22.9. The van der Waals surface area contributed by atoms with Crippen LogP contribution in [0.25, 0.3) is 33.4 Å². The third-order valence-corrected chi connectivity index (χ3v) is 22.7. The first-order chi connectivity index (χ1) is 62.4. The van der Waals surface area contributed by atoms with E-state index in [2.05, 4.69) is 63.8 Å². The Balaban J connectivity index is 0.686. The monoisotopic (exact) mass is 1780 g/mol. The van der Waals surface area contributed by atoms with Gasteiger partial charge in [-0.15, -0.1) is 0 Å². The molecule has 23 N–H and O–H groups in total. The van der Waals surface area contributed by atoms with Crippen molar-refractivity contribution in [2.24, 2.45) is 40.7 Å². The Labute approximate surface area is 742 Å². The molecule has 678 valence electrons. The maximum Gasteiger partial charge on any atom is 0.336 e. The molecule has 7 aromatic rings. The van der Waals surface area contributed by atoms with E-state index in [-0.39, 0.29) is 211 Å². The van der Waals surface area contributed by atoms with Crippen molar-refractivity contribution in [1.29, 1.82) is 5.41 Å². The lowest BCUT2D eigenvalue weighted by molar-refractivity contribution is -0.128. The normalized spacial score (nSPS) is 16.7. The maximum atomic E-state index is 14.5. The second kappa shape index (κ2) is 41.5. The van der Waals surface area contributed by atoms with Gasteiger partial charge in [-0.25, -0.2) is 4.79 Å². The summed E-state index contributed by atoms with van der Waals surface area (Å²) in [5.74, 6) is -11.0. The number of carboxylic acid groups (broad SMARTS) is 1. The molecule has 0 saturated carbocycles. The number of aromatic carboxylic acids is 1. The van der Waals surface area contributed by atoms with Crippen LogP contribution in [0.4, 0.5) is 46.3 Å². The molecule has 6 aromatic carbocycles. The van der Waals surface area contributed by atoms with Crippen LogP contribution in [0.15, 0.2) is 137 Å². The molecular weight excluding hydrogens is 1680 g/mol. The standard InChI is InChI=1S/C89H98N22O19/c1-3-45(2)75-84(125)103-64(8-6-28-95-86(93)94)83(124)105-66-34-49(77(92)118)10-12-51(66)44-129-68-22-15-53(37-62(68)81(122)106-75)100-72(115)41-97-79(120)47-25-31-111(32-26-47)89-108-87(101-54-13-18-57(60(35-54)85(126)127)74-58-19-16-55(112)38-69(58)130-70-39-56(113)17-20-59(70)74)107-88(109-89)110-29-23-46(24-30-110)78(119)96-40-71(114)99-52-14-21-67-61(36-52)80(121)98-42-73(116)102-63(7-4-5-27-90)82(123)104-65-33-48(76(91)117)9-11-50(65)43-128-67/h9-22,33-39,45-47,63-64,75,112H,3-8,23-32,40-44,90H2,1-2H3,(H2,91,117)(H2,92,118)(H,96,119)(H,97,120)(H,98,121)(H,99,114)(H,100,115)(H,102,116)(H,103,125)(H,104,123)(H,105,124)(H,106,122)(H,126,127)(H4,93,94,95)(H,101,107,108,109)/t45-,63-,64-,75-/m0/s1. The Morgan fingerprint density at radius 2 is 1.12 bits per heavy atom. The number of phenols is 1. The summed E-state index contributed by atoms with van der Waals surface area (Å²) < 4.78 is 18.4. The van der Waals surface area contributed by atoms with E-state index in [1.54, 1.807) is 25.1 Å². The van der Waals surface area contributed by atoms with Gasteiger partial charge in [-0.05, 0) is 173 Å². The zero-order chi connectivity index (χ0) is 92.6. The van der Waals surface area contributed by atoms with Crippen LogP contribution < -0.4 is 111 Å². The lowest BCUT2D eigenvalue weighted by atomic mass is 9.90. The van der Waals surface area contributed by atoms with Gasteiger partial charge in [-0.3, -0.25) is 67.7 Å². The highest BCUT2D eigenvalue weighted by Gasteiger charge is 2.36. The van der Waals surface area contributed by atoms with E-state index in [0.717, 1.165) is 0 Å². The van der Waals surface area contributed by atoms with Gasteiger partial charge in [0.25, 0.3) is 11.8 Å². The minimum Gasteiger partial charge on any atom is -0.508 e. The molecule has 12 amide bonds. The van der Waals surface area contributed by atoms with Gasteiger partial charge in [0.1, 0.15) is 59.9 Å². The molecule has 41 nitrogen and oxygen atoms in total. The Hall–Kier alpha value is -15.8. The molecule has 2 saturated heterocycles. The molecule has 13 rings (SSSR count). The first-order valence-electron chi connectivity index (χ1n) is 42.2. The van der Waals surface area contributed by atoms with Gasteiger partial charge in [-0.1, -0.05) is 38.5 Å². The van der Waals surface area contributed by atoms with Gasteiger partial charge in [-0.2, -0.15) is 15.0 Å². The number of rotatable bonds is 26. The van der Waals surface area contributed by atoms with Gasteiger partial charge < -0.3 is 121 Å². The number of carbonyl (C=O) groups is 13. The van der Waals surface area contributed by atoms with E-state index >= 15 is 0 Å². The number of hydrogen-bond acceptors (Lipinski definition) is 26. The zero-order valence-corrected chi connectivity index (χ0v) is 70.8. The van der Waals surface area contributed by atoms with Crippen molar-refractivity contribution in [2.75, 3.05) is 95.3 Å². The molecule has 0 spiro atoms. The number of amides is 12. The SMILES string of the molecule is CC[C@H](C)[C@@H]1NC(=O)c2cc(NC(=O)CNC(=O)C3CCN(c4nc(Nc5ccc(-c6c7ccc(=O)cc-7oc7cc(O)ccc67)c(C(=O)O)c5)nc(N5CCC(C(=O)NCC(=O)Nc6ccc7c(c6)C(=O)NCC(=O)N[C@@H](CCCCN)C(=O)Nc6cc(C(N)=O)ccc6CO7)CC5)n4)CC3)ccc2OCc2ccc(C(N)=O)cc2NC(=O)[C@H](CCCNC(=N)N)NC1=O. The van der Waals surface area contributed by atoms with E-state index in [1.807, 2.05) is 16.7 Å². The van der Waals surface area contributed by atoms with Crippen LogP contribution in [-0.2, 0) is 51.6 Å². The van der Waals surface area contributed by atoms with Crippen LogP contribution in [0.1, 0.15) is 141 Å². The fourth-order valence-electron chi connectivity index (χ4n) is 15.5. The van der Waals surface area contributed by atoms with E-state index in [1.165, 1.54) is 109 Å². The number of unbranched alkanes of at least 4 members (excludes halogenated alkanes) is 1. The molecule has 0 radical (unpaired) electrons. The summed E-state index contributed by atoms with van der Waals surface area (Å²) in [4.78, 5) is 208. The van der Waals surface area contributed by atoms with Gasteiger partial charge in [0.15, 0.2) is 11.4 Å². The average molecular weight is 1780 g/mol. The molecule has 0 unspecified atom stereocenters. The Bertz CT molecular complexity index is 5970. The van der Waals surface area contributed by atoms with E-state index in [0.29, 0.717) is 53.4 Å². The van der Waals surface area contributed by atoms with Gasteiger partial charge in [0.2, 0.25) is 76.9 Å². The molecule has 2 fully saturated rings. The third-order valence-electron chi connectivity index (χ3n) is 22.7. The van der Waals surface area contributed by atoms with E-state index < -0.39 is 132 Å². The number of anilines is 8. The average Bonchev–Trinajstić information content (AvgIpc) is 0.744. The number of fused-ring (bicyclic) bond motifs is 6. The lowest BCUT2D eigenvalue weighted by Crippen LogP contribution is -2.55. The van der Waals surface area contributed by atoms with Gasteiger partial charge in [0, 0.05) is 124 Å². The number of phenolic OH excluding ortho intramolecular Hbond substituents is 1. The smallest absolute Gasteiger partial charge is 0.336 e. The van der Waals surface area contributed by atoms with Crippen molar-refractivity contribution in [3.8, 4) is 39.7 Å². The number of nitrogens with zero attached hydrogens (tertiary/aromatic N) is 5. The van der Waals surface area contributed by atoms with E-state index in [4.69, 9.17) is 57.2 Å². The van der Waals surface area contributed by atoms with Crippen molar-refractivity contribution in [3.05, 3.63) is 177 Å². The van der Waals surface area contributed by atoms with Crippen molar-refractivity contribution in [3.63, 3.8) is 0 Å². The number of aromatic nitrogens is 3. The molecule has 4 atom stereocenters. The number of nitrogens with one attached hydrogen (secondary N) is 13. The Morgan fingerprint density at radius 3 is 1.67 bits per heavy atom. The second-order valence-electron chi connectivity index (χ2n) is 31.7. The van der Waals surface area contributed by atoms with E-state index in [9.17, 15) is 77.3 Å². The first kappa shape index (κ1) is 91.8. The van der Waals surface area contributed by atoms with Crippen LogP contribution >= 0.6 is 0 Å². The Morgan fingerprint density at radius 1 is 0.577 bits per heavy atom. The molecule has 6 aliphatic rings. The molecule has 41 heteroatoms. The number of hydrogen-bond donors (Lipinski definition) is 19. The predicted molar refractivity (Wildman–Crippen MR) is 477 cm³/mol. The quantitative estimate of drug-likeness (QED) is 0.0155. The fraction of sp³-hybridized carbons (Fsp3) is 0.326. The van der Waals surface area contributed by atoms with Crippen molar-refractivity contribution >= 4 is 140 Å². The lowest BCUT2D eigenvalue weighted by Gasteiger charge is -2.34. The molecule has 130 heavy (non-hydrogen) atoms. The number of ether oxygens (including phenoxy) is 2. The summed E-state index contributed by atoms with van der Waals surface area (Å²) in [6, 6.07) is 26.7. The van der Waals surface area contributed by atoms with Gasteiger partial charge in [0.05, 0.1) is 36.3 Å². The minimum absolute atomic E-state index is 0.00634. The van der Waals surface area contributed by atoms with Crippen molar-refractivity contribution in [1.82, 2.24) is 52.2 Å². The summed E-state index contributed by atoms with van der Waals surface area (Å²) in [5, 5.41) is 62.4. The summed E-state index contributed by atoms with van der Waals surface area (Å²) in [6.07, 6.45) is 2.94. The highest BCUT2D eigenvalue weighted by Crippen LogP contribution is 2.43. The molecular formula is C89H98N22O19. The number of benzene rings is 7. The van der Waals surface area contributed by atoms with Crippen LogP contribution in [0.5, 0.6) is 17.2 Å². The number of guanidine groups is 1. The fourth-order valence-corrected chi connectivity index (χ4v) is 15.5. The number of nitrogens with two attached hydrogens (primary N) is 4. The minimum atomic E-state index is -1.32. The summed E-state index contributed by atoms with van der Waals surface area (Å²) in [6.45, 7) is 2.87. The van der Waals surface area contributed by atoms with Crippen molar-refractivity contribution < 1.29 is 86.4 Å². The number of piperidine rings is 2. The molecule has 6 heterocycles. The van der Waals surface area contributed by atoms with Crippen LogP contribution in [0.2, 0.25) is 0 Å². The number of carboxylic acids is 1. The summed E-state index contributed by atoms with van der Waals surface area (Å²) in [7, 11) is 0. The second-order valence-corrected chi connectivity index (χ2v) is 31.7. The van der Waals surface area contributed by atoms with Gasteiger partial charge >= 0.3 is 5.97 Å². The summed E-state index contributed by atoms with van der Waals surface area (Å²) in [5.41, 5.74) is 24.5. The van der Waals surface area contributed by atoms with Crippen LogP contribution in [0, 0.1) is 23.2 Å². The molecule has 0 bridgehead atoms. The highest BCUT2D eigenvalue weighted by molar-refractivity contribution is 6.10. The maximum absolute atomic E-state index is 14.5. The molecule has 1 aliphatic carbocycles. The molecule has 1 aromatic heterocycles. The summed E-state index contributed by atoms with van der Waals surface area (Å²) >= 11 is 0. The predicted octanol–water partition coefficient (Wildman–Crippen LogP) is 4.34. The largest absolute Gasteiger partial charge is 0.508 e. The van der Waals surface area contributed by atoms with Crippen LogP contribution in [0.3, 0.4) is 0 Å². The number of carbonyl (C=O) groups excluding carboxylic acids is 12. The topological polar surface area (TPSA) is 628 Å². The zero-order valence-electron chi connectivity index (χ0n) is 70.8. The number of primary amides is 2. The molecule has 5 aliphatic heterocycles. The highest BCUT2D eigenvalue weighted by atomic mass is 16.5. The number of aromatic hydroxyl groups is 1. The first-order valence-corrected chi connectivity index (χ1v) is 42.2. The van der Waals surface area contributed by atoms with Crippen molar-refractivity contribution in [2.45, 2.75) is 109 Å².